The number of hydrogen-bond acceptors (Lipinski definition) is 4. The fourth-order valence-electron chi connectivity index (χ4n) is 3.34. The van der Waals surface area contributed by atoms with E-state index in [1.807, 2.05) is 67.6 Å². The highest BCUT2D eigenvalue weighted by molar-refractivity contribution is 6.07. The van der Waals surface area contributed by atoms with E-state index in [1.165, 1.54) is 0 Å². The lowest BCUT2D eigenvalue weighted by molar-refractivity contribution is 0.0717. The number of benzene rings is 2. The van der Waals surface area contributed by atoms with Gasteiger partial charge in [-0.1, -0.05) is 30.3 Å². The number of aryl methyl sites for hydroxylation is 1. The van der Waals surface area contributed by atoms with E-state index >= 15 is 0 Å². The summed E-state index contributed by atoms with van der Waals surface area (Å²) in [6.45, 7) is 2.65. The highest BCUT2D eigenvalue weighted by Crippen LogP contribution is 2.30. The van der Waals surface area contributed by atoms with E-state index in [1.54, 1.807) is 18.3 Å². The van der Waals surface area contributed by atoms with Crippen molar-refractivity contribution < 1.29 is 18.4 Å². The van der Waals surface area contributed by atoms with Crippen LogP contribution >= 0.6 is 0 Å². The maximum Gasteiger partial charge on any atom is 0.258 e. The van der Waals surface area contributed by atoms with Crippen molar-refractivity contribution in [3.05, 3.63) is 89.6 Å². The molecule has 0 aliphatic carbocycles. The molecule has 1 amide bonds. The van der Waals surface area contributed by atoms with Gasteiger partial charge in [-0.2, -0.15) is 0 Å². The molecule has 0 saturated carbocycles. The molecule has 0 fully saturated rings. The molecule has 0 radical (unpaired) electrons. The molecule has 0 bridgehead atoms. The largest absolute Gasteiger partial charge is 0.497 e. The molecule has 28 heavy (non-hydrogen) atoms. The number of hydrogen-bond donors (Lipinski definition) is 0. The van der Waals surface area contributed by atoms with Gasteiger partial charge in [-0.3, -0.25) is 4.79 Å². The topological polar surface area (TPSA) is 55.8 Å². The van der Waals surface area contributed by atoms with Gasteiger partial charge in [-0.05, 0) is 42.8 Å². The molecule has 2 heterocycles. The number of fused-ring (bicyclic) bond motifs is 1. The average molecular weight is 375 g/mol. The van der Waals surface area contributed by atoms with Gasteiger partial charge in [0.25, 0.3) is 5.91 Å². The Morgan fingerprint density at radius 1 is 1.04 bits per heavy atom. The minimum Gasteiger partial charge on any atom is -0.497 e. The van der Waals surface area contributed by atoms with Crippen LogP contribution in [-0.2, 0) is 13.1 Å². The molecule has 2 aromatic heterocycles. The van der Waals surface area contributed by atoms with Crippen LogP contribution in [0.25, 0.3) is 11.0 Å². The lowest BCUT2D eigenvalue weighted by Gasteiger charge is -2.22. The second-order valence-corrected chi connectivity index (χ2v) is 6.62. The van der Waals surface area contributed by atoms with E-state index in [0.717, 1.165) is 16.7 Å². The molecule has 0 saturated heterocycles. The smallest absolute Gasteiger partial charge is 0.258 e. The molecular weight excluding hydrogens is 354 g/mol. The van der Waals surface area contributed by atoms with Crippen LogP contribution in [0.1, 0.15) is 27.4 Å². The number of carbonyl (C=O) groups excluding carboxylic acids is 1. The Kier molecular flexibility index (Phi) is 4.89. The first-order valence-electron chi connectivity index (χ1n) is 9.08. The predicted molar refractivity (Wildman–Crippen MR) is 106 cm³/mol. The lowest BCUT2D eigenvalue weighted by atomic mass is 10.1. The number of nitrogens with zero attached hydrogens (tertiary/aromatic N) is 1. The molecule has 5 nitrogen and oxygen atoms in total. The summed E-state index contributed by atoms with van der Waals surface area (Å²) in [6, 6.07) is 19.1. The van der Waals surface area contributed by atoms with Gasteiger partial charge in [0.2, 0.25) is 0 Å². The van der Waals surface area contributed by atoms with Gasteiger partial charge in [0.05, 0.1) is 25.5 Å². The zero-order valence-corrected chi connectivity index (χ0v) is 15.8. The summed E-state index contributed by atoms with van der Waals surface area (Å²) in [4.78, 5) is 15.3. The monoisotopic (exact) mass is 375 g/mol. The van der Waals surface area contributed by atoms with Gasteiger partial charge >= 0.3 is 0 Å². The molecule has 142 valence electrons. The third kappa shape index (κ3) is 3.51. The molecule has 0 aliphatic rings. The molecule has 5 heteroatoms. The highest BCUT2D eigenvalue weighted by atomic mass is 16.5. The lowest BCUT2D eigenvalue weighted by Crippen LogP contribution is -2.30. The van der Waals surface area contributed by atoms with Gasteiger partial charge in [0, 0.05) is 11.9 Å². The SMILES string of the molecule is COc1ccc2oc(C)c(C(=O)N(Cc3ccccc3)Cc3ccco3)c2c1. The second-order valence-electron chi connectivity index (χ2n) is 6.62. The van der Waals surface area contributed by atoms with Crippen molar-refractivity contribution in [3.8, 4) is 5.75 Å². The Bertz CT molecular complexity index is 1080. The molecular formula is C23H21NO4. The number of rotatable bonds is 6. The van der Waals surface area contributed by atoms with Crippen LogP contribution in [0.2, 0.25) is 0 Å². The molecule has 0 unspecified atom stereocenters. The molecule has 0 aliphatic heterocycles. The summed E-state index contributed by atoms with van der Waals surface area (Å²) < 4.78 is 16.6. The normalized spacial score (nSPS) is 10.9. The van der Waals surface area contributed by atoms with Crippen LogP contribution in [0.15, 0.2) is 75.8 Å². The van der Waals surface area contributed by atoms with Crippen LogP contribution in [0.5, 0.6) is 5.75 Å². The van der Waals surface area contributed by atoms with Gasteiger partial charge in [-0.25, -0.2) is 0 Å². The first-order valence-corrected chi connectivity index (χ1v) is 9.08. The number of methoxy groups -OCH3 is 1. The second kappa shape index (κ2) is 7.64. The standard InChI is InChI=1S/C23H21NO4/c1-16-22(20-13-18(26-2)10-11-21(20)28-16)23(25)24(15-19-9-6-12-27-19)14-17-7-4-3-5-8-17/h3-13H,14-15H2,1-2H3. The van der Waals surface area contributed by atoms with Crippen molar-refractivity contribution in [3.63, 3.8) is 0 Å². The summed E-state index contributed by atoms with van der Waals surface area (Å²) in [5, 5.41) is 0.749. The van der Waals surface area contributed by atoms with Crippen molar-refractivity contribution in [1.82, 2.24) is 4.90 Å². The predicted octanol–water partition coefficient (Wildman–Crippen LogP) is 5.19. The Morgan fingerprint density at radius 2 is 1.86 bits per heavy atom. The van der Waals surface area contributed by atoms with Gasteiger partial charge in [-0.15, -0.1) is 0 Å². The molecule has 2 aromatic carbocycles. The Labute approximate surface area is 163 Å². The molecule has 0 N–H and O–H groups in total. The maximum absolute atomic E-state index is 13.6. The molecule has 4 rings (SSSR count). The van der Waals surface area contributed by atoms with Crippen LogP contribution in [0.3, 0.4) is 0 Å². The number of ether oxygens (including phenoxy) is 1. The third-order valence-electron chi connectivity index (χ3n) is 4.72. The van der Waals surface area contributed by atoms with Crippen molar-refractivity contribution in [2.75, 3.05) is 7.11 Å². The van der Waals surface area contributed by atoms with Crippen LogP contribution in [0.4, 0.5) is 0 Å². The number of furan rings is 2. The van der Waals surface area contributed by atoms with E-state index in [2.05, 4.69) is 0 Å². The van der Waals surface area contributed by atoms with Crippen molar-refractivity contribution in [2.45, 2.75) is 20.0 Å². The Hall–Kier alpha value is -3.47. The summed E-state index contributed by atoms with van der Waals surface area (Å²) >= 11 is 0. The minimum absolute atomic E-state index is 0.107. The van der Waals surface area contributed by atoms with Gasteiger partial charge in [0.1, 0.15) is 22.9 Å². The minimum atomic E-state index is -0.107. The Morgan fingerprint density at radius 3 is 2.57 bits per heavy atom. The summed E-state index contributed by atoms with van der Waals surface area (Å²) in [5.41, 5.74) is 2.26. The van der Waals surface area contributed by atoms with Crippen LogP contribution in [-0.4, -0.2) is 17.9 Å². The zero-order valence-electron chi connectivity index (χ0n) is 15.8. The summed E-state index contributed by atoms with van der Waals surface area (Å²) in [7, 11) is 1.61. The quantitative estimate of drug-likeness (QED) is 0.466. The molecule has 0 atom stereocenters. The highest BCUT2D eigenvalue weighted by Gasteiger charge is 2.25. The fraction of sp³-hybridized carbons (Fsp3) is 0.174. The number of carbonyl (C=O) groups is 1. The average Bonchev–Trinajstić information content (AvgIpc) is 3.34. The van der Waals surface area contributed by atoms with E-state index in [-0.39, 0.29) is 5.91 Å². The van der Waals surface area contributed by atoms with E-state index in [0.29, 0.717) is 35.7 Å². The summed E-state index contributed by atoms with van der Waals surface area (Å²) in [6.07, 6.45) is 1.61. The van der Waals surface area contributed by atoms with Crippen molar-refractivity contribution in [2.24, 2.45) is 0 Å². The van der Waals surface area contributed by atoms with Gasteiger partial charge in [0.15, 0.2) is 0 Å². The Balaban J connectivity index is 1.74. The van der Waals surface area contributed by atoms with Gasteiger partial charge < -0.3 is 18.5 Å². The molecule has 0 spiro atoms. The van der Waals surface area contributed by atoms with E-state index in [9.17, 15) is 4.79 Å². The van der Waals surface area contributed by atoms with E-state index in [4.69, 9.17) is 13.6 Å². The van der Waals surface area contributed by atoms with Crippen LogP contribution < -0.4 is 4.74 Å². The molecule has 4 aromatic rings. The third-order valence-corrected chi connectivity index (χ3v) is 4.72. The first kappa shape index (κ1) is 17.9. The maximum atomic E-state index is 13.6. The van der Waals surface area contributed by atoms with E-state index < -0.39 is 0 Å². The van der Waals surface area contributed by atoms with Crippen molar-refractivity contribution in [1.29, 1.82) is 0 Å². The number of amides is 1. The summed E-state index contributed by atoms with van der Waals surface area (Å²) in [5.74, 6) is 1.89. The van der Waals surface area contributed by atoms with Crippen LogP contribution in [0, 0.1) is 6.92 Å². The van der Waals surface area contributed by atoms with Crippen molar-refractivity contribution >= 4 is 16.9 Å². The fourth-order valence-corrected chi connectivity index (χ4v) is 3.34. The zero-order chi connectivity index (χ0) is 19.5. The first-order chi connectivity index (χ1) is 13.7.